The molecule has 2 aromatic rings. The van der Waals surface area contributed by atoms with E-state index in [-0.39, 0.29) is 6.61 Å². The number of aryl methyl sites for hydroxylation is 1. The van der Waals surface area contributed by atoms with E-state index >= 15 is 0 Å². The van der Waals surface area contributed by atoms with Crippen molar-refractivity contribution < 1.29 is 29.6 Å². The Kier molecular flexibility index (Phi) is 7.98. The van der Waals surface area contributed by atoms with Gasteiger partial charge in [0.1, 0.15) is 17.3 Å². The van der Waals surface area contributed by atoms with Gasteiger partial charge in [0, 0.05) is 55.6 Å². The first-order valence-electron chi connectivity index (χ1n) is 10.0. The number of β-amino-alcohol motifs (C(OH)–C–C–N with tert-alkyl or cyclic N) is 1. The number of nitrogens with zero attached hydrogens (tertiary/aromatic N) is 3. The van der Waals surface area contributed by atoms with E-state index < -0.39 is 11.9 Å². The monoisotopic (exact) mass is 459 g/mol. The molecular weight excluding hydrogens is 434 g/mol. The first-order valence-corrected chi connectivity index (χ1v) is 11.0. The first kappa shape index (κ1) is 23.5. The zero-order chi connectivity index (χ0) is 23.1. The standard InChI is InChI=1S/C18H21N3O2S.C4H4O4/c1-13-2-3-16-15(10-13)19-18(14-11-24-12-17(14)23-16)21-6-4-20(5-7-21)8-9-22;5-3(6)1-2-4(7)8/h2-3,10-12,22H,4-9H2,1H3;1-2H,(H,5,6)(H,7,8)/b;2-1+. The third-order valence-corrected chi connectivity index (χ3v) is 5.61. The molecule has 32 heavy (non-hydrogen) atoms. The number of aliphatic imine (C=N–C) groups is 1. The second kappa shape index (κ2) is 10.9. The van der Waals surface area contributed by atoms with Gasteiger partial charge < -0.3 is 25.0 Å². The van der Waals surface area contributed by atoms with Gasteiger partial charge in [0.05, 0.1) is 12.2 Å². The van der Waals surface area contributed by atoms with Crippen molar-refractivity contribution in [1.29, 1.82) is 0 Å². The van der Waals surface area contributed by atoms with Crippen LogP contribution in [0.3, 0.4) is 0 Å². The molecule has 0 spiro atoms. The van der Waals surface area contributed by atoms with Gasteiger partial charge in [-0.2, -0.15) is 0 Å². The van der Waals surface area contributed by atoms with Crippen LogP contribution in [0.4, 0.5) is 5.69 Å². The Morgan fingerprint density at radius 3 is 2.41 bits per heavy atom. The van der Waals surface area contributed by atoms with Crippen molar-refractivity contribution in [2.45, 2.75) is 6.92 Å². The largest absolute Gasteiger partial charge is 0.478 e. The van der Waals surface area contributed by atoms with E-state index in [1.807, 2.05) is 11.4 Å². The second-order valence-corrected chi connectivity index (χ2v) is 7.96. The summed E-state index contributed by atoms with van der Waals surface area (Å²) in [6.45, 7) is 6.75. The molecule has 0 unspecified atom stereocenters. The number of carbonyl (C=O) groups is 2. The lowest BCUT2D eigenvalue weighted by Gasteiger charge is -2.36. The van der Waals surface area contributed by atoms with Crippen LogP contribution in [0, 0.1) is 6.92 Å². The molecule has 2 aliphatic heterocycles. The van der Waals surface area contributed by atoms with Crippen LogP contribution in [-0.4, -0.2) is 82.2 Å². The number of thiophene rings is 1. The molecule has 0 amide bonds. The van der Waals surface area contributed by atoms with Crippen LogP contribution in [0.15, 0.2) is 46.1 Å². The van der Waals surface area contributed by atoms with E-state index in [9.17, 15) is 9.59 Å². The minimum atomic E-state index is -1.26. The van der Waals surface area contributed by atoms with Gasteiger partial charge in [0.2, 0.25) is 0 Å². The third kappa shape index (κ3) is 6.16. The second-order valence-electron chi connectivity index (χ2n) is 7.22. The van der Waals surface area contributed by atoms with Crippen LogP contribution in [0.2, 0.25) is 0 Å². The number of amidine groups is 1. The predicted molar refractivity (Wildman–Crippen MR) is 121 cm³/mol. The van der Waals surface area contributed by atoms with E-state index in [0.717, 1.165) is 61.3 Å². The number of benzene rings is 1. The number of hydrogen-bond acceptors (Lipinski definition) is 8. The molecule has 1 aromatic heterocycles. The van der Waals surface area contributed by atoms with Gasteiger partial charge in [-0.05, 0) is 24.6 Å². The molecule has 2 aliphatic rings. The lowest BCUT2D eigenvalue weighted by atomic mass is 10.2. The van der Waals surface area contributed by atoms with Crippen molar-refractivity contribution in [3.63, 3.8) is 0 Å². The lowest BCUT2D eigenvalue weighted by Crippen LogP contribution is -2.49. The van der Waals surface area contributed by atoms with Gasteiger partial charge in [0.25, 0.3) is 0 Å². The molecule has 1 aromatic carbocycles. The van der Waals surface area contributed by atoms with Crippen LogP contribution in [0.5, 0.6) is 11.5 Å². The van der Waals surface area contributed by atoms with Crippen molar-refractivity contribution >= 4 is 34.8 Å². The van der Waals surface area contributed by atoms with Gasteiger partial charge in [-0.25, -0.2) is 14.6 Å². The fraction of sp³-hybridized carbons (Fsp3) is 0.318. The summed E-state index contributed by atoms with van der Waals surface area (Å²) in [5.41, 5.74) is 3.14. The SMILES string of the molecule is Cc1ccc2c(c1)N=C(N1CCN(CCO)CC1)c1cscc1O2.O=C(O)/C=C/C(=O)O. The van der Waals surface area contributed by atoms with Crippen molar-refractivity contribution in [2.75, 3.05) is 39.3 Å². The summed E-state index contributed by atoms with van der Waals surface area (Å²) >= 11 is 1.64. The Hall–Kier alpha value is -3.21. The van der Waals surface area contributed by atoms with E-state index in [2.05, 4.69) is 34.2 Å². The van der Waals surface area contributed by atoms with Crippen LogP contribution in [-0.2, 0) is 9.59 Å². The van der Waals surface area contributed by atoms with Gasteiger partial charge >= 0.3 is 11.9 Å². The molecule has 170 valence electrons. The summed E-state index contributed by atoms with van der Waals surface area (Å²) in [6, 6.07) is 6.13. The molecule has 4 rings (SSSR count). The van der Waals surface area contributed by atoms with Crippen molar-refractivity contribution in [3.8, 4) is 11.5 Å². The van der Waals surface area contributed by atoms with Crippen molar-refractivity contribution in [1.82, 2.24) is 9.80 Å². The average Bonchev–Trinajstić information content (AvgIpc) is 3.16. The molecule has 0 aliphatic carbocycles. The normalized spacial score (nSPS) is 15.6. The van der Waals surface area contributed by atoms with Crippen LogP contribution >= 0.6 is 11.3 Å². The van der Waals surface area contributed by atoms with E-state index in [1.165, 1.54) is 5.56 Å². The number of aliphatic hydroxyl groups excluding tert-OH is 1. The molecule has 9 nitrogen and oxygen atoms in total. The number of piperazine rings is 1. The molecule has 3 N–H and O–H groups in total. The highest BCUT2D eigenvalue weighted by Crippen LogP contribution is 2.40. The quantitative estimate of drug-likeness (QED) is 0.596. The van der Waals surface area contributed by atoms with E-state index in [4.69, 9.17) is 25.0 Å². The molecule has 0 radical (unpaired) electrons. The summed E-state index contributed by atoms with van der Waals surface area (Å²) in [7, 11) is 0. The Labute approximate surface area is 189 Å². The summed E-state index contributed by atoms with van der Waals surface area (Å²) in [4.78, 5) is 28.7. The fourth-order valence-corrected chi connectivity index (χ4v) is 4.05. The minimum absolute atomic E-state index is 0.218. The summed E-state index contributed by atoms with van der Waals surface area (Å²) in [6.07, 6.45) is 1.12. The minimum Gasteiger partial charge on any atom is -0.478 e. The Morgan fingerprint density at radius 2 is 1.78 bits per heavy atom. The van der Waals surface area contributed by atoms with Gasteiger partial charge in [0.15, 0.2) is 5.75 Å². The topological polar surface area (TPSA) is 123 Å². The number of aliphatic carboxylic acids is 2. The molecule has 3 heterocycles. The Bertz CT molecular complexity index is 1010. The fourth-order valence-electron chi connectivity index (χ4n) is 3.33. The summed E-state index contributed by atoms with van der Waals surface area (Å²) in [5, 5.41) is 28.9. The van der Waals surface area contributed by atoms with Gasteiger partial charge in [-0.1, -0.05) is 6.07 Å². The maximum atomic E-state index is 9.55. The summed E-state index contributed by atoms with van der Waals surface area (Å²) in [5.74, 6) is 0.187. The predicted octanol–water partition coefficient (Wildman–Crippen LogP) is 2.56. The molecular formula is C22H25N3O6S. The molecule has 0 saturated carbocycles. The number of carboxylic acid groups (broad SMARTS) is 2. The first-order chi connectivity index (χ1) is 15.4. The average molecular weight is 460 g/mol. The van der Waals surface area contributed by atoms with Gasteiger partial charge in [-0.3, -0.25) is 4.90 Å². The lowest BCUT2D eigenvalue weighted by molar-refractivity contribution is -0.134. The van der Waals surface area contributed by atoms with Gasteiger partial charge in [-0.15, -0.1) is 11.3 Å². The smallest absolute Gasteiger partial charge is 0.328 e. The van der Waals surface area contributed by atoms with E-state index in [1.54, 1.807) is 11.3 Å². The van der Waals surface area contributed by atoms with Crippen LogP contribution in [0.1, 0.15) is 11.1 Å². The molecule has 0 atom stereocenters. The number of hydrogen-bond donors (Lipinski definition) is 3. The van der Waals surface area contributed by atoms with Crippen molar-refractivity contribution in [2.24, 2.45) is 4.99 Å². The number of ether oxygens (including phenoxy) is 1. The highest BCUT2D eigenvalue weighted by molar-refractivity contribution is 7.08. The van der Waals surface area contributed by atoms with Crippen LogP contribution < -0.4 is 4.74 Å². The highest BCUT2D eigenvalue weighted by Gasteiger charge is 2.26. The Balaban J connectivity index is 0.000000312. The molecule has 1 fully saturated rings. The summed E-state index contributed by atoms with van der Waals surface area (Å²) < 4.78 is 6.10. The number of aliphatic hydroxyl groups is 1. The zero-order valence-electron chi connectivity index (χ0n) is 17.6. The number of carboxylic acids is 2. The molecule has 10 heteroatoms. The maximum absolute atomic E-state index is 9.55. The Morgan fingerprint density at radius 1 is 1.09 bits per heavy atom. The van der Waals surface area contributed by atoms with E-state index in [0.29, 0.717) is 12.2 Å². The van der Waals surface area contributed by atoms with Crippen molar-refractivity contribution in [3.05, 3.63) is 52.2 Å². The van der Waals surface area contributed by atoms with Crippen LogP contribution in [0.25, 0.3) is 0 Å². The highest BCUT2D eigenvalue weighted by atomic mass is 32.1. The zero-order valence-corrected chi connectivity index (χ0v) is 18.4. The maximum Gasteiger partial charge on any atom is 0.328 e. The third-order valence-electron chi connectivity index (χ3n) is 4.88. The number of fused-ring (bicyclic) bond motifs is 2. The number of rotatable bonds is 4. The molecule has 1 saturated heterocycles. The molecule has 0 bridgehead atoms.